The van der Waals surface area contributed by atoms with Crippen LogP contribution >= 0.6 is 0 Å². The third kappa shape index (κ3) is 2.83. The Labute approximate surface area is 102 Å². The fraction of sp³-hybridized carbons (Fsp3) is 0.400. The molecule has 0 saturated heterocycles. The van der Waals surface area contributed by atoms with E-state index in [1.165, 1.54) is 10.9 Å². The maximum atomic E-state index is 9.79. The van der Waals surface area contributed by atoms with Crippen LogP contribution in [0, 0.1) is 5.92 Å². The Morgan fingerprint density at radius 3 is 2.88 bits per heavy atom. The molecule has 1 aromatic heterocycles. The van der Waals surface area contributed by atoms with Crippen molar-refractivity contribution in [2.24, 2.45) is 5.92 Å². The summed E-state index contributed by atoms with van der Waals surface area (Å²) < 4.78 is 0. The predicted molar refractivity (Wildman–Crippen MR) is 70.9 cm³/mol. The van der Waals surface area contributed by atoms with Gasteiger partial charge in [0.1, 0.15) is 0 Å². The van der Waals surface area contributed by atoms with Crippen LogP contribution in [-0.2, 0) is 6.42 Å². The molecular weight excluding hydrogens is 210 g/mol. The molecular formula is C15H19NO. The van der Waals surface area contributed by atoms with Crippen molar-refractivity contribution in [1.29, 1.82) is 0 Å². The molecule has 1 N–H and O–H groups in total. The Hall–Kier alpha value is -1.41. The van der Waals surface area contributed by atoms with Crippen LogP contribution in [-0.4, -0.2) is 16.2 Å². The van der Waals surface area contributed by atoms with Gasteiger partial charge < -0.3 is 5.11 Å². The number of benzene rings is 1. The molecule has 2 rings (SSSR count). The van der Waals surface area contributed by atoms with Crippen LogP contribution in [0.3, 0.4) is 0 Å². The molecule has 0 aliphatic heterocycles. The van der Waals surface area contributed by atoms with Gasteiger partial charge >= 0.3 is 0 Å². The van der Waals surface area contributed by atoms with E-state index in [1.54, 1.807) is 0 Å². The van der Waals surface area contributed by atoms with Crippen molar-refractivity contribution in [2.45, 2.75) is 32.8 Å². The largest absolute Gasteiger partial charge is 0.393 e. The van der Waals surface area contributed by atoms with E-state index in [0.29, 0.717) is 5.92 Å². The summed E-state index contributed by atoms with van der Waals surface area (Å²) in [5.74, 6) is 0.300. The molecule has 2 heteroatoms. The number of hydrogen-bond donors (Lipinski definition) is 1. The maximum Gasteiger partial charge on any atom is 0.0702 e. The number of aromatic nitrogens is 1. The first-order chi connectivity index (χ1) is 8.20. The fourth-order valence-corrected chi connectivity index (χ4v) is 2.16. The molecule has 2 atom stereocenters. The lowest BCUT2D eigenvalue weighted by Gasteiger charge is -2.17. The summed E-state index contributed by atoms with van der Waals surface area (Å²) in [4.78, 5) is 4.30. The molecule has 17 heavy (non-hydrogen) atoms. The highest BCUT2D eigenvalue weighted by molar-refractivity contribution is 5.78. The van der Waals surface area contributed by atoms with Crippen molar-refractivity contribution in [2.75, 3.05) is 0 Å². The Morgan fingerprint density at radius 2 is 2.12 bits per heavy atom. The SMILES string of the molecule is CCC(O)C(C)Cc1ccc2ncccc2c1. The van der Waals surface area contributed by atoms with Crippen molar-refractivity contribution in [3.8, 4) is 0 Å². The summed E-state index contributed by atoms with van der Waals surface area (Å²) in [6.45, 7) is 4.12. The van der Waals surface area contributed by atoms with Crippen LogP contribution in [0.2, 0.25) is 0 Å². The van der Waals surface area contributed by atoms with Crippen molar-refractivity contribution in [3.63, 3.8) is 0 Å². The smallest absolute Gasteiger partial charge is 0.0702 e. The monoisotopic (exact) mass is 229 g/mol. The Morgan fingerprint density at radius 1 is 1.29 bits per heavy atom. The average Bonchev–Trinajstić information content (AvgIpc) is 2.37. The highest BCUT2D eigenvalue weighted by atomic mass is 16.3. The Kier molecular flexibility index (Phi) is 3.75. The molecule has 90 valence electrons. The first-order valence-corrected chi connectivity index (χ1v) is 6.22. The molecule has 2 unspecified atom stereocenters. The molecule has 2 nitrogen and oxygen atoms in total. The molecule has 0 aliphatic carbocycles. The number of fused-ring (bicyclic) bond motifs is 1. The van der Waals surface area contributed by atoms with Crippen molar-refractivity contribution in [3.05, 3.63) is 42.1 Å². The summed E-state index contributed by atoms with van der Waals surface area (Å²) in [7, 11) is 0. The Balaban J connectivity index is 2.19. The second-order valence-corrected chi connectivity index (χ2v) is 4.69. The van der Waals surface area contributed by atoms with Gasteiger partial charge in [-0.05, 0) is 42.5 Å². The maximum absolute atomic E-state index is 9.79. The van der Waals surface area contributed by atoms with Crippen molar-refractivity contribution in [1.82, 2.24) is 4.98 Å². The zero-order chi connectivity index (χ0) is 12.3. The van der Waals surface area contributed by atoms with Gasteiger partial charge in [0.15, 0.2) is 0 Å². The summed E-state index contributed by atoms with van der Waals surface area (Å²) in [6.07, 6.45) is 3.33. The number of hydrogen-bond acceptors (Lipinski definition) is 2. The second-order valence-electron chi connectivity index (χ2n) is 4.69. The first-order valence-electron chi connectivity index (χ1n) is 6.22. The van der Waals surface area contributed by atoms with Gasteiger partial charge in [-0.25, -0.2) is 0 Å². The van der Waals surface area contributed by atoms with Crippen LogP contribution in [0.4, 0.5) is 0 Å². The van der Waals surface area contributed by atoms with E-state index >= 15 is 0 Å². The lowest BCUT2D eigenvalue weighted by atomic mass is 9.94. The number of rotatable bonds is 4. The van der Waals surface area contributed by atoms with E-state index in [9.17, 15) is 5.11 Å². The average molecular weight is 229 g/mol. The van der Waals surface area contributed by atoms with Crippen molar-refractivity contribution >= 4 is 10.9 Å². The van der Waals surface area contributed by atoms with E-state index < -0.39 is 0 Å². The third-order valence-corrected chi connectivity index (χ3v) is 3.30. The van der Waals surface area contributed by atoms with Crippen LogP contribution in [0.1, 0.15) is 25.8 Å². The van der Waals surface area contributed by atoms with Crippen molar-refractivity contribution < 1.29 is 5.11 Å². The van der Waals surface area contributed by atoms with Gasteiger partial charge in [0.25, 0.3) is 0 Å². The zero-order valence-corrected chi connectivity index (χ0v) is 10.4. The summed E-state index contributed by atoms with van der Waals surface area (Å²) in [5.41, 5.74) is 2.30. The number of nitrogens with zero attached hydrogens (tertiary/aromatic N) is 1. The van der Waals surface area contributed by atoms with E-state index in [4.69, 9.17) is 0 Å². The normalized spacial score (nSPS) is 14.8. The first kappa shape index (κ1) is 12.1. The molecule has 0 aliphatic rings. The number of pyridine rings is 1. The second kappa shape index (κ2) is 5.28. The predicted octanol–water partition coefficient (Wildman–Crippen LogP) is 3.18. The lowest BCUT2D eigenvalue weighted by Crippen LogP contribution is -2.18. The molecule has 0 radical (unpaired) electrons. The molecule has 0 fully saturated rings. The van der Waals surface area contributed by atoms with Gasteiger partial charge in [-0.3, -0.25) is 4.98 Å². The highest BCUT2D eigenvalue weighted by Gasteiger charge is 2.12. The van der Waals surface area contributed by atoms with E-state index in [-0.39, 0.29) is 6.10 Å². The highest BCUT2D eigenvalue weighted by Crippen LogP contribution is 2.18. The van der Waals surface area contributed by atoms with Crippen LogP contribution < -0.4 is 0 Å². The molecule has 0 bridgehead atoms. The van der Waals surface area contributed by atoms with Crippen LogP contribution in [0.5, 0.6) is 0 Å². The van der Waals surface area contributed by atoms with E-state index in [0.717, 1.165) is 18.4 Å². The minimum atomic E-state index is -0.209. The topological polar surface area (TPSA) is 33.1 Å². The fourth-order valence-electron chi connectivity index (χ4n) is 2.16. The van der Waals surface area contributed by atoms with E-state index in [2.05, 4.69) is 36.2 Å². The van der Waals surface area contributed by atoms with Gasteiger partial charge in [-0.2, -0.15) is 0 Å². The van der Waals surface area contributed by atoms with Gasteiger partial charge in [0, 0.05) is 11.6 Å². The summed E-state index contributed by atoms with van der Waals surface area (Å²) in [6, 6.07) is 10.4. The number of aliphatic hydroxyl groups is 1. The quantitative estimate of drug-likeness (QED) is 0.873. The van der Waals surface area contributed by atoms with Crippen LogP contribution in [0.15, 0.2) is 36.5 Å². The molecule has 0 spiro atoms. The van der Waals surface area contributed by atoms with Gasteiger partial charge in [-0.15, -0.1) is 0 Å². The van der Waals surface area contributed by atoms with Gasteiger partial charge in [0.2, 0.25) is 0 Å². The standard InChI is InChI=1S/C15H19NO/c1-3-15(17)11(2)9-12-6-7-14-13(10-12)5-4-8-16-14/h4-8,10-11,15,17H,3,9H2,1-2H3. The lowest BCUT2D eigenvalue weighted by molar-refractivity contribution is 0.113. The van der Waals surface area contributed by atoms with Crippen LogP contribution in [0.25, 0.3) is 10.9 Å². The molecule has 0 amide bonds. The van der Waals surface area contributed by atoms with Gasteiger partial charge in [0.05, 0.1) is 11.6 Å². The van der Waals surface area contributed by atoms with Gasteiger partial charge in [-0.1, -0.05) is 26.0 Å². The summed E-state index contributed by atoms with van der Waals surface area (Å²) >= 11 is 0. The molecule has 2 aromatic rings. The minimum Gasteiger partial charge on any atom is -0.393 e. The minimum absolute atomic E-state index is 0.209. The zero-order valence-electron chi connectivity index (χ0n) is 10.4. The molecule has 1 heterocycles. The summed E-state index contributed by atoms with van der Waals surface area (Å²) in [5, 5.41) is 11.0. The van der Waals surface area contributed by atoms with E-state index in [1.807, 2.05) is 19.2 Å². The molecule has 0 saturated carbocycles. The Bertz CT molecular complexity index is 495. The molecule has 1 aromatic carbocycles. The number of aliphatic hydroxyl groups excluding tert-OH is 1. The third-order valence-electron chi connectivity index (χ3n) is 3.30.